The average molecular weight is 477 g/mol. The third kappa shape index (κ3) is 4.24. The van der Waals surface area contributed by atoms with Crippen LogP contribution >= 0.6 is 0 Å². The number of carbonyl (C=O) groups is 2. The Labute approximate surface area is 207 Å². The van der Waals surface area contributed by atoms with Gasteiger partial charge >= 0.3 is 0 Å². The Balaban J connectivity index is 1.11. The number of hydrogen-bond acceptors (Lipinski definition) is 5. The smallest absolute Gasteiger partial charge is 0.255 e. The van der Waals surface area contributed by atoms with E-state index in [9.17, 15) is 9.59 Å². The number of para-hydroxylation sites is 1. The second kappa shape index (κ2) is 9.14. The molecule has 3 heterocycles. The van der Waals surface area contributed by atoms with Crippen molar-refractivity contribution in [3.63, 3.8) is 0 Å². The van der Waals surface area contributed by atoms with Gasteiger partial charge in [0.1, 0.15) is 5.82 Å². The molecule has 0 atom stereocenters. The van der Waals surface area contributed by atoms with Crippen LogP contribution in [0.15, 0.2) is 85.2 Å². The fourth-order valence-electron chi connectivity index (χ4n) is 4.56. The van der Waals surface area contributed by atoms with Crippen molar-refractivity contribution in [2.75, 3.05) is 36.4 Å². The van der Waals surface area contributed by atoms with Gasteiger partial charge in [-0.1, -0.05) is 24.3 Å². The van der Waals surface area contributed by atoms with E-state index in [4.69, 9.17) is 4.98 Å². The lowest BCUT2D eigenvalue weighted by Gasteiger charge is -2.35. The van der Waals surface area contributed by atoms with Gasteiger partial charge in [-0.25, -0.2) is 9.97 Å². The largest absolute Gasteiger partial charge is 0.353 e. The number of piperazine rings is 1. The molecule has 0 spiro atoms. The highest BCUT2D eigenvalue weighted by atomic mass is 16.2. The van der Waals surface area contributed by atoms with Crippen molar-refractivity contribution in [2.45, 2.75) is 0 Å². The molecule has 5 aromatic rings. The van der Waals surface area contributed by atoms with E-state index in [2.05, 4.69) is 32.3 Å². The summed E-state index contributed by atoms with van der Waals surface area (Å²) < 4.78 is 0. The Bertz CT molecular complexity index is 1590. The molecular weight excluding hydrogens is 452 g/mol. The van der Waals surface area contributed by atoms with Gasteiger partial charge in [0, 0.05) is 48.4 Å². The lowest BCUT2D eigenvalue weighted by molar-refractivity contribution is 0.0746. The molecule has 1 aliphatic heterocycles. The molecule has 0 unspecified atom stereocenters. The molecule has 1 saturated heterocycles. The molecule has 0 radical (unpaired) electrons. The lowest BCUT2D eigenvalue weighted by atomic mass is 10.1. The van der Waals surface area contributed by atoms with Gasteiger partial charge in [0.15, 0.2) is 0 Å². The number of H-pyrrole nitrogens is 1. The van der Waals surface area contributed by atoms with Crippen LogP contribution < -0.4 is 10.2 Å². The van der Waals surface area contributed by atoms with E-state index in [0.717, 1.165) is 27.8 Å². The molecule has 178 valence electrons. The Morgan fingerprint density at radius 1 is 0.806 bits per heavy atom. The Morgan fingerprint density at radius 2 is 1.67 bits per heavy atom. The lowest BCUT2D eigenvalue weighted by Crippen LogP contribution is -2.49. The number of benzene rings is 3. The fraction of sp³-hybridized carbons (Fsp3) is 0.143. The van der Waals surface area contributed by atoms with E-state index < -0.39 is 0 Å². The highest BCUT2D eigenvalue weighted by Gasteiger charge is 2.23. The first-order valence-electron chi connectivity index (χ1n) is 11.9. The maximum atomic E-state index is 13.2. The summed E-state index contributed by atoms with van der Waals surface area (Å²) in [6.07, 6.45) is 1.60. The molecule has 2 N–H and O–H groups in total. The van der Waals surface area contributed by atoms with Crippen LogP contribution in [0.5, 0.6) is 0 Å². The quantitative estimate of drug-likeness (QED) is 0.403. The van der Waals surface area contributed by atoms with E-state index in [-0.39, 0.29) is 11.8 Å². The van der Waals surface area contributed by atoms with Crippen LogP contribution in [0.3, 0.4) is 0 Å². The molecule has 3 aromatic carbocycles. The van der Waals surface area contributed by atoms with Gasteiger partial charge in [-0.3, -0.25) is 9.59 Å². The first kappa shape index (κ1) is 21.8. The molecule has 8 heteroatoms. The summed E-state index contributed by atoms with van der Waals surface area (Å²) in [5.74, 6) is 0.641. The van der Waals surface area contributed by atoms with Crippen LogP contribution in [0.4, 0.5) is 11.5 Å². The fourth-order valence-corrected chi connectivity index (χ4v) is 4.56. The Kier molecular flexibility index (Phi) is 5.53. The zero-order valence-electron chi connectivity index (χ0n) is 19.5. The van der Waals surface area contributed by atoms with Crippen LogP contribution in [-0.2, 0) is 0 Å². The molecule has 2 amide bonds. The van der Waals surface area contributed by atoms with Crippen molar-refractivity contribution >= 4 is 45.3 Å². The van der Waals surface area contributed by atoms with E-state index in [0.29, 0.717) is 43.0 Å². The highest BCUT2D eigenvalue weighted by molar-refractivity contribution is 6.06. The maximum absolute atomic E-state index is 13.2. The third-order valence-corrected chi connectivity index (χ3v) is 6.52. The third-order valence-electron chi connectivity index (χ3n) is 6.52. The summed E-state index contributed by atoms with van der Waals surface area (Å²) in [6.45, 7) is 2.63. The van der Waals surface area contributed by atoms with Gasteiger partial charge in [0.25, 0.3) is 11.8 Å². The van der Waals surface area contributed by atoms with E-state index in [1.807, 2.05) is 29.2 Å². The van der Waals surface area contributed by atoms with Gasteiger partial charge in [-0.2, -0.15) is 0 Å². The van der Waals surface area contributed by atoms with Gasteiger partial charge < -0.3 is 20.1 Å². The predicted molar refractivity (Wildman–Crippen MR) is 140 cm³/mol. The summed E-state index contributed by atoms with van der Waals surface area (Å²) >= 11 is 0. The number of nitrogens with zero attached hydrogens (tertiary/aromatic N) is 4. The zero-order chi connectivity index (χ0) is 24.5. The van der Waals surface area contributed by atoms with Crippen molar-refractivity contribution in [2.24, 2.45) is 0 Å². The number of anilines is 2. The number of rotatable bonds is 4. The Morgan fingerprint density at radius 3 is 2.56 bits per heavy atom. The number of fused-ring (bicyclic) bond motifs is 2. The summed E-state index contributed by atoms with van der Waals surface area (Å²) in [5, 5.41) is 4.01. The van der Waals surface area contributed by atoms with E-state index in [1.54, 1.807) is 48.8 Å². The number of nitrogens with one attached hydrogen (secondary N) is 2. The standard InChI is InChI=1S/C28H24N6O2/c35-27(20-8-10-24-25(17-20)30-18-29-24)31-22-6-3-5-21(16-22)28(36)34-14-12-33(13-15-34)26-11-9-19-4-1-2-7-23(19)32-26/h1-11,16-18H,12-15H2,(H,29,30)(H,31,35). The van der Waals surface area contributed by atoms with Gasteiger partial charge in [0.05, 0.1) is 22.9 Å². The van der Waals surface area contributed by atoms with E-state index in [1.165, 1.54) is 0 Å². The second-order valence-electron chi connectivity index (χ2n) is 8.81. The first-order valence-corrected chi connectivity index (χ1v) is 11.9. The number of aromatic nitrogens is 3. The molecule has 6 rings (SSSR count). The van der Waals surface area contributed by atoms with Crippen molar-refractivity contribution in [1.29, 1.82) is 0 Å². The Hall–Kier alpha value is -4.72. The van der Waals surface area contributed by atoms with Crippen LogP contribution in [-0.4, -0.2) is 57.8 Å². The van der Waals surface area contributed by atoms with Crippen LogP contribution in [0.25, 0.3) is 21.9 Å². The zero-order valence-corrected chi connectivity index (χ0v) is 19.5. The van der Waals surface area contributed by atoms with Crippen molar-refractivity contribution in [1.82, 2.24) is 19.9 Å². The minimum absolute atomic E-state index is 0.0453. The maximum Gasteiger partial charge on any atom is 0.255 e. The van der Waals surface area contributed by atoms with Crippen molar-refractivity contribution in [3.05, 3.63) is 96.3 Å². The number of imidazole rings is 1. The number of aromatic amines is 1. The monoisotopic (exact) mass is 476 g/mol. The van der Waals surface area contributed by atoms with Gasteiger partial charge in [-0.05, 0) is 54.6 Å². The van der Waals surface area contributed by atoms with Crippen molar-refractivity contribution < 1.29 is 9.59 Å². The van der Waals surface area contributed by atoms with Crippen molar-refractivity contribution in [3.8, 4) is 0 Å². The van der Waals surface area contributed by atoms with Crippen LogP contribution in [0.2, 0.25) is 0 Å². The molecule has 8 nitrogen and oxygen atoms in total. The average Bonchev–Trinajstić information content (AvgIpc) is 3.41. The SMILES string of the molecule is O=C(Nc1cccc(C(=O)N2CCN(c3ccc4ccccc4n3)CC2)c1)c1ccc2nc[nH]c2c1. The summed E-state index contributed by atoms with van der Waals surface area (Å²) in [6, 6.07) is 24.6. The van der Waals surface area contributed by atoms with Crippen LogP contribution in [0.1, 0.15) is 20.7 Å². The predicted octanol–water partition coefficient (Wildman–Crippen LogP) is 4.33. The van der Waals surface area contributed by atoms with E-state index >= 15 is 0 Å². The summed E-state index contributed by atoms with van der Waals surface area (Å²) in [7, 11) is 0. The molecule has 1 aliphatic rings. The topological polar surface area (TPSA) is 94.2 Å². The normalized spacial score (nSPS) is 13.8. The minimum atomic E-state index is -0.243. The number of amides is 2. The second-order valence-corrected chi connectivity index (χ2v) is 8.81. The molecule has 0 aliphatic carbocycles. The minimum Gasteiger partial charge on any atom is -0.353 e. The molecule has 2 aromatic heterocycles. The number of carbonyl (C=O) groups excluding carboxylic acids is 2. The van der Waals surface area contributed by atoms with Gasteiger partial charge in [-0.15, -0.1) is 0 Å². The molecule has 0 bridgehead atoms. The molecule has 0 saturated carbocycles. The van der Waals surface area contributed by atoms with Gasteiger partial charge in [0.2, 0.25) is 0 Å². The summed E-state index contributed by atoms with van der Waals surface area (Å²) in [4.78, 5) is 42.0. The molecular formula is C28H24N6O2. The van der Waals surface area contributed by atoms with Crippen LogP contribution in [0, 0.1) is 0 Å². The highest BCUT2D eigenvalue weighted by Crippen LogP contribution is 2.21. The molecule has 36 heavy (non-hydrogen) atoms. The first-order chi connectivity index (χ1) is 17.6. The number of hydrogen-bond donors (Lipinski definition) is 2. The summed E-state index contributed by atoms with van der Waals surface area (Å²) in [5.41, 5.74) is 4.21. The molecule has 1 fully saturated rings. The number of pyridine rings is 1.